The monoisotopic (exact) mass is 524 g/mol. The SMILES string of the molecule is CCNC(=NCc1ccc(C(=O)N(C)C)cc1)NCC1(c2ccc(F)cc2)CC1.I. The van der Waals surface area contributed by atoms with Gasteiger partial charge in [-0.05, 0) is 55.2 Å². The van der Waals surface area contributed by atoms with E-state index in [0.717, 1.165) is 37.5 Å². The van der Waals surface area contributed by atoms with Gasteiger partial charge in [0, 0.05) is 38.2 Å². The van der Waals surface area contributed by atoms with E-state index >= 15 is 0 Å². The number of halogens is 2. The van der Waals surface area contributed by atoms with Crippen LogP contribution in [0, 0.1) is 5.82 Å². The molecule has 3 rings (SSSR count). The van der Waals surface area contributed by atoms with Gasteiger partial charge >= 0.3 is 0 Å². The van der Waals surface area contributed by atoms with Crippen LogP contribution in [0.15, 0.2) is 53.5 Å². The van der Waals surface area contributed by atoms with E-state index in [2.05, 4.69) is 15.6 Å². The van der Waals surface area contributed by atoms with Gasteiger partial charge in [0.25, 0.3) is 5.91 Å². The third-order valence-corrected chi connectivity index (χ3v) is 5.28. The molecule has 1 aliphatic carbocycles. The number of nitrogens with zero attached hydrogens (tertiary/aromatic N) is 2. The van der Waals surface area contributed by atoms with Gasteiger partial charge in [-0.1, -0.05) is 24.3 Å². The standard InChI is InChI=1S/C23H29FN4O.HI/c1-4-25-22(26-15-17-5-7-18(8-6-17)21(29)28(2)3)27-16-23(13-14-23)19-9-11-20(24)12-10-19;/h5-12H,4,13-16H2,1-3H3,(H2,25,26,27);1H. The maximum atomic E-state index is 13.2. The minimum atomic E-state index is -0.203. The van der Waals surface area contributed by atoms with Gasteiger partial charge in [0.2, 0.25) is 0 Å². The molecule has 5 nitrogen and oxygen atoms in total. The zero-order valence-corrected chi connectivity index (χ0v) is 20.1. The normalized spacial score (nSPS) is 14.5. The molecule has 2 aromatic carbocycles. The predicted octanol–water partition coefficient (Wildman–Crippen LogP) is 3.93. The van der Waals surface area contributed by atoms with Crippen molar-refractivity contribution in [1.29, 1.82) is 0 Å². The molecule has 0 heterocycles. The third kappa shape index (κ3) is 6.17. The smallest absolute Gasteiger partial charge is 0.253 e. The van der Waals surface area contributed by atoms with Crippen molar-refractivity contribution >= 4 is 35.8 Å². The van der Waals surface area contributed by atoms with Crippen LogP contribution < -0.4 is 10.6 Å². The van der Waals surface area contributed by atoms with Crippen LogP contribution in [0.5, 0.6) is 0 Å². The fraction of sp³-hybridized carbons (Fsp3) is 0.391. The summed E-state index contributed by atoms with van der Waals surface area (Å²) in [6, 6.07) is 14.4. The highest BCUT2D eigenvalue weighted by molar-refractivity contribution is 14.0. The molecule has 1 amide bonds. The van der Waals surface area contributed by atoms with Crippen LogP contribution in [-0.2, 0) is 12.0 Å². The maximum absolute atomic E-state index is 13.2. The second kappa shape index (κ2) is 10.7. The number of guanidine groups is 1. The number of hydrogen-bond donors (Lipinski definition) is 2. The fourth-order valence-corrected chi connectivity index (χ4v) is 3.30. The largest absolute Gasteiger partial charge is 0.357 e. The molecule has 1 saturated carbocycles. The maximum Gasteiger partial charge on any atom is 0.253 e. The molecule has 7 heteroatoms. The third-order valence-electron chi connectivity index (χ3n) is 5.28. The topological polar surface area (TPSA) is 56.7 Å². The van der Waals surface area contributed by atoms with Crippen LogP contribution in [0.2, 0.25) is 0 Å². The molecule has 0 bridgehead atoms. The molecule has 0 atom stereocenters. The quantitative estimate of drug-likeness (QED) is 0.328. The number of aliphatic imine (C=N–C) groups is 1. The van der Waals surface area contributed by atoms with Crippen molar-refractivity contribution in [1.82, 2.24) is 15.5 Å². The van der Waals surface area contributed by atoms with E-state index in [4.69, 9.17) is 0 Å². The average molecular weight is 524 g/mol. The molecule has 30 heavy (non-hydrogen) atoms. The van der Waals surface area contributed by atoms with Gasteiger partial charge in [-0.3, -0.25) is 4.79 Å². The first-order chi connectivity index (χ1) is 13.9. The Hall–Kier alpha value is -2.16. The van der Waals surface area contributed by atoms with Crippen molar-refractivity contribution in [3.8, 4) is 0 Å². The highest BCUT2D eigenvalue weighted by Gasteiger charge is 2.44. The lowest BCUT2D eigenvalue weighted by Crippen LogP contribution is -2.41. The second-order valence-electron chi connectivity index (χ2n) is 7.73. The molecule has 2 N–H and O–H groups in total. The first-order valence-electron chi connectivity index (χ1n) is 10.0. The summed E-state index contributed by atoms with van der Waals surface area (Å²) in [7, 11) is 3.49. The Morgan fingerprint density at radius 2 is 1.70 bits per heavy atom. The van der Waals surface area contributed by atoms with Crippen LogP contribution in [0.3, 0.4) is 0 Å². The van der Waals surface area contributed by atoms with Crippen LogP contribution >= 0.6 is 24.0 Å². The van der Waals surface area contributed by atoms with E-state index in [9.17, 15) is 9.18 Å². The summed E-state index contributed by atoms with van der Waals surface area (Å²) < 4.78 is 13.2. The molecule has 0 aliphatic heterocycles. The van der Waals surface area contributed by atoms with E-state index in [-0.39, 0.29) is 41.1 Å². The van der Waals surface area contributed by atoms with Gasteiger partial charge in [-0.25, -0.2) is 9.38 Å². The lowest BCUT2D eigenvalue weighted by molar-refractivity contribution is 0.0827. The van der Waals surface area contributed by atoms with Gasteiger partial charge in [0.05, 0.1) is 6.54 Å². The molecule has 0 radical (unpaired) electrons. The van der Waals surface area contributed by atoms with E-state index in [0.29, 0.717) is 12.1 Å². The lowest BCUT2D eigenvalue weighted by atomic mass is 9.96. The number of nitrogens with one attached hydrogen (secondary N) is 2. The number of rotatable bonds is 7. The minimum absolute atomic E-state index is 0. The Labute approximate surface area is 195 Å². The number of carbonyl (C=O) groups is 1. The van der Waals surface area contributed by atoms with E-state index < -0.39 is 0 Å². The molecule has 0 spiro atoms. The molecule has 1 fully saturated rings. The van der Waals surface area contributed by atoms with Crippen molar-refractivity contribution in [3.63, 3.8) is 0 Å². The Morgan fingerprint density at radius 1 is 1.07 bits per heavy atom. The van der Waals surface area contributed by atoms with Gasteiger partial charge in [-0.2, -0.15) is 0 Å². The number of benzene rings is 2. The van der Waals surface area contributed by atoms with Crippen LogP contribution in [0.4, 0.5) is 4.39 Å². The Morgan fingerprint density at radius 3 is 2.23 bits per heavy atom. The first kappa shape index (κ1) is 24.1. The van der Waals surface area contributed by atoms with Gasteiger partial charge in [0.1, 0.15) is 5.82 Å². The number of amides is 1. The van der Waals surface area contributed by atoms with Crippen LogP contribution in [0.25, 0.3) is 0 Å². The van der Waals surface area contributed by atoms with E-state index in [1.54, 1.807) is 19.0 Å². The highest BCUT2D eigenvalue weighted by Crippen LogP contribution is 2.47. The molecular formula is C23H30FIN4O. The van der Waals surface area contributed by atoms with Gasteiger partial charge in [0.15, 0.2) is 5.96 Å². The Balaban J connectivity index is 0.00000320. The minimum Gasteiger partial charge on any atom is -0.357 e. The van der Waals surface area contributed by atoms with Crippen molar-refractivity contribution in [2.24, 2.45) is 4.99 Å². The Bertz CT molecular complexity index is 862. The molecule has 162 valence electrons. The molecule has 0 aromatic heterocycles. The molecular weight excluding hydrogens is 494 g/mol. The molecule has 2 aromatic rings. The molecule has 1 aliphatic rings. The number of hydrogen-bond acceptors (Lipinski definition) is 2. The van der Waals surface area contributed by atoms with Crippen molar-refractivity contribution in [2.75, 3.05) is 27.2 Å². The van der Waals surface area contributed by atoms with Gasteiger partial charge in [-0.15, -0.1) is 24.0 Å². The zero-order chi connectivity index (χ0) is 20.9. The molecule has 0 saturated heterocycles. The summed E-state index contributed by atoms with van der Waals surface area (Å²) in [6.45, 7) is 4.09. The summed E-state index contributed by atoms with van der Waals surface area (Å²) in [4.78, 5) is 18.2. The van der Waals surface area contributed by atoms with Gasteiger partial charge < -0.3 is 15.5 Å². The average Bonchev–Trinajstić information content (AvgIpc) is 3.51. The van der Waals surface area contributed by atoms with Crippen LogP contribution in [-0.4, -0.2) is 44.0 Å². The Kier molecular flexibility index (Phi) is 8.64. The van der Waals surface area contributed by atoms with E-state index in [1.807, 2.05) is 43.3 Å². The van der Waals surface area contributed by atoms with E-state index in [1.165, 1.54) is 17.7 Å². The van der Waals surface area contributed by atoms with Crippen molar-refractivity contribution < 1.29 is 9.18 Å². The van der Waals surface area contributed by atoms with Crippen molar-refractivity contribution in [2.45, 2.75) is 31.7 Å². The van der Waals surface area contributed by atoms with Crippen molar-refractivity contribution in [3.05, 3.63) is 71.0 Å². The summed E-state index contributed by atoms with van der Waals surface area (Å²) in [5.74, 6) is 0.547. The molecule has 0 unspecified atom stereocenters. The second-order valence-corrected chi connectivity index (χ2v) is 7.73. The first-order valence-corrected chi connectivity index (χ1v) is 10.0. The highest BCUT2D eigenvalue weighted by atomic mass is 127. The summed E-state index contributed by atoms with van der Waals surface area (Å²) in [5, 5.41) is 6.71. The van der Waals surface area contributed by atoms with Crippen LogP contribution in [0.1, 0.15) is 41.3 Å². The predicted molar refractivity (Wildman–Crippen MR) is 130 cm³/mol. The zero-order valence-electron chi connectivity index (χ0n) is 17.7. The number of carbonyl (C=O) groups excluding carboxylic acids is 1. The summed E-state index contributed by atoms with van der Waals surface area (Å²) in [6.07, 6.45) is 2.18. The summed E-state index contributed by atoms with van der Waals surface area (Å²) >= 11 is 0. The summed E-state index contributed by atoms with van der Waals surface area (Å²) in [5.41, 5.74) is 2.95. The fourth-order valence-electron chi connectivity index (χ4n) is 3.30. The lowest BCUT2D eigenvalue weighted by Gasteiger charge is -2.19.